The Bertz CT molecular complexity index is 559. The summed E-state index contributed by atoms with van der Waals surface area (Å²) in [6.45, 7) is 4.63. The molecule has 2 N–H and O–H groups in total. The summed E-state index contributed by atoms with van der Waals surface area (Å²) in [7, 11) is 3.36. The Hall–Kier alpha value is -1.79. The molecule has 1 saturated heterocycles. The predicted octanol–water partition coefficient (Wildman–Crippen LogP) is 2.42. The Labute approximate surface area is 150 Å². The number of halogens is 1. The average molecular weight is 355 g/mol. The van der Waals surface area contributed by atoms with Crippen LogP contribution in [0.25, 0.3) is 0 Å². The zero-order chi connectivity index (χ0) is 16.8. The maximum Gasteiger partial charge on any atom is 0.321 e. The van der Waals surface area contributed by atoms with Crippen LogP contribution in [0, 0.1) is 0 Å². The molecule has 1 heterocycles. The molecular formula is C17H27ClN4O2. The average Bonchev–Trinajstić information content (AvgIpc) is 3.06. The van der Waals surface area contributed by atoms with Gasteiger partial charge in [0.2, 0.25) is 0 Å². The van der Waals surface area contributed by atoms with Gasteiger partial charge in [-0.05, 0) is 37.6 Å². The van der Waals surface area contributed by atoms with E-state index in [0.717, 1.165) is 32.5 Å². The molecule has 1 aliphatic rings. The second kappa shape index (κ2) is 9.49. The lowest BCUT2D eigenvalue weighted by atomic mass is 10.1. The quantitative estimate of drug-likeness (QED) is 0.853. The number of carbonyl (C=O) groups excluding carboxylic acids is 2. The fourth-order valence-electron chi connectivity index (χ4n) is 2.73. The minimum Gasteiger partial charge on any atom is -0.334 e. The summed E-state index contributed by atoms with van der Waals surface area (Å²) < 4.78 is 0. The summed E-state index contributed by atoms with van der Waals surface area (Å²) >= 11 is 0. The molecule has 1 fully saturated rings. The third-order valence-electron chi connectivity index (χ3n) is 3.97. The van der Waals surface area contributed by atoms with Gasteiger partial charge in [-0.25, -0.2) is 4.79 Å². The van der Waals surface area contributed by atoms with Crippen LogP contribution < -0.4 is 10.6 Å². The van der Waals surface area contributed by atoms with Crippen LogP contribution in [-0.2, 0) is 0 Å². The minimum atomic E-state index is -0.208. The van der Waals surface area contributed by atoms with Crippen molar-refractivity contribution >= 4 is 30.0 Å². The van der Waals surface area contributed by atoms with Gasteiger partial charge in [0.05, 0.1) is 0 Å². The van der Waals surface area contributed by atoms with Gasteiger partial charge in [-0.15, -0.1) is 12.4 Å². The highest BCUT2D eigenvalue weighted by Gasteiger charge is 2.26. The van der Waals surface area contributed by atoms with Crippen LogP contribution in [-0.4, -0.2) is 61.5 Å². The number of amides is 3. The Balaban J connectivity index is 0.00000288. The second-order valence-electron chi connectivity index (χ2n) is 6.05. The number of hydrogen-bond acceptors (Lipinski definition) is 3. The number of hydrogen-bond donors (Lipinski definition) is 2. The van der Waals surface area contributed by atoms with E-state index in [2.05, 4.69) is 17.6 Å². The molecule has 0 aromatic heterocycles. The third kappa shape index (κ3) is 5.11. The first-order valence-electron chi connectivity index (χ1n) is 8.13. The number of urea groups is 1. The lowest BCUT2D eigenvalue weighted by Gasteiger charge is -2.28. The van der Waals surface area contributed by atoms with Crippen molar-refractivity contribution in [1.29, 1.82) is 0 Å². The van der Waals surface area contributed by atoms with Crippen molar-refractivity contribution in [2.75, 3.05) is 39.0 Å². The normalized spacial score (nSPS) is 16.2. The Morgan fingerprint density at radius 1 is 1.33 bits per heavy atom. The Kier molecular flexibility index (Phi) is 8.01. The van der Waals surface area contributed by atoms with Crippen LogP contribution in [0.2, 0.25) is 0 Å². The summed E-state index contributed by atoms with van der Waals surface area (Å²) in [6, 6.07) is 7.19. The van der Waals surface area contributed by atoms with Gasteiger partial charge in [-0.2, -0.15) is 0 Å². The molecule has 0 spiro atoms. The fourth-order valence-corrected chi connectivity index (χ4v) is 2.73. The number of carbonyl (C=O) groups is 2. The molecule has 0 aliphatic carbocycles. The highest BCUT2D eigenvalue weighted by molar-refractivity contribution is 5.97. The van der Waals surface area contributed by atoms with E-state index in [1.165, 1.54) is 4.90 Å². The van der Waals surface area contributed by atoms with Gasteiger partial charge < -0.3 is 20.4 Å². The largest absolute Gasteiger partial charge is 0.334 e. The fraction of sp³-hybridized carbons (Fsp3) is 0.529. The molecule has 1 aromatic carbocycles. The van der Waals surface area contributed by atoms with Crippen molar-refractivity contribution in [3.8, 4) is 0 Å². The van der Waals surface area contributed by atoms with Crippen LogP contribution in [0.15, 0.2) is 24.3 Å². The number of benzene rings is 1. The first kappa shape index (κ1) is 20.3. The molecular weight excluding hydrogens is 328 g/mol. The maximum atomic E-state index is 12.9. The molecule has 1 aromatic rings. The van der Waals surface area contributed by atoms with E-state index in [9.17, 15) is 9.59 Å². The molecule has 0 radical (unpaired) electrons. The van der Waals surface area contributed by atoms with Crippen LogP contribution in [0.1, 0.15) is 30.1 Å². The standard InChI is InChI=1S/C17H26N4O2.ClH/c1-4-10-21(15-8-9-18-12-15)16(22)13-6-5-7-14(11-13)19-17(23)20(2)3;/h5-7,11,15,18H,4,8-10,12H2,1-3H3,(H,19,23);1H. The monoisotopic (exact) mass is 354 g/mol. The molecule has 0 bridgehead atoms. The lowest BCUT2D eigenvalue weighted by molar-refractivity contribution is 0.0692. The van der Waals surface area contributed by atoms with Gasteiger partial charge in [0, 0.05) is 44.5 Å². The highest BCUT2D eigenvalue weighted by atomic mass is 35.5. The van der Waals surface area contributed by atoms with E-state index in [4.69, 9.17) is 0 Å². The Morgan fingerprint density at radius 2 is 2.08 bits per heavy atom. The van der Waals surface area contributed by atoms with E-state index >= 15 is 0 Å². The van der Waals surface area contributed by atoms with Crippen molar-refractivity contribution in [2.24, 2.45) is 0 Å². The zero-order valence-electron chi connectivity index (χ0n) is 14.5. The van der Waals surface area contributed by atoms with Crippen molar-refractivity contribution < 1.29 is 9.59 Å². The van der Waals surface area contributed by atoms with Crippen LogP contribution in [0.4, 0.5) is 10.5 Å². The highest BCUT2D eigenvalue weighted by Crippen LogP contribution is 2.17. The lowest BCUT2D eigenvalue weighted by Crippen LogP contribution is -2.42. The molecule has 3 amide bonds. The van der Waals surface area contributed by atoms with Crippen LogP contribution in [0.3, 0.4) is 0 Å². The van der Waals surface area contributed by atoms with Crippen molar-refractivity contribution in [3.63, 3.8) is 0 Å². The van der Waals surface area contributed by atoms with Crippen molar-refractivity contribution in [1.82, 2.24) is 15.1 Å². The molecule has 7 heteroatoms. The van der Waals surface area contributed by atoms with Crippen molar-refractivity contribution in [3.05, 3.63) is 29.8 Å². The Morgan fingerprint density at radius 3 is 2.67 bits per heavy atom. The summed E-state index contributed by atoms with van der Waals surface area (Å²) in [4.78, 5) is 28.0. The zero-order valence-corrected chi connectivity index (χ0v) is 15.4. The van der Waals surface area contributed by atoms with Crippen LogP contribution in [0.5, 0.6) is 0 Å². The van der Waals surface area contributed by atoms with E-state index < -0.39 is 0 Å². The van der Waals surface area contributed by atoms with Crippen LogP contribution >= 0.6 is 12.4 Å². The van der Waals surface area contributed by atoms with Gasteiger partial charge >= 0.3 is 6.03 Å². The molecule has 2 rings (SSSR count). The number of rotatable bonds is 5. The SMILES string of the molecule is CCCN(C(=O)c1cccc(NC(=O)N(C)C)c1)C1CCNC1.Cl. The van der Waals surface area contributed by atoms with Gasteiger partial charge in [0.1, 0.15) is 0 Å². The third-order valence-corrected chi connectivity index (χ3v) is 3.97. The predicted molar refractivity (Wildman–Crippen MR) is 99.0 cm³/mol. The molecule has 1 unspecified atom stereocenters. The molecule has 24 heavy (non-hydrogen) atoms. The summed E-state index contributed by atoms with van der Waals surface area (Å²) in [5.74, 6) is 0.0292. The second-order valence-corrected chi connectivity index (χ2v) is 6.05. The summed E-state index contributed by atoms with van der Waals surface area (Å²) in [6.07, 6.45) is 1.92. The van der Waals surface area contributed by atoms with E-state index in [0.29, 0.717) is 11.3 Å². The van der Waals surface area contributed by atoms with E-state index in [1.54, 1.807) is 38.4 Å². The number of nitrogens with one attached hydrogen (secondary N) is 2. The maximum absolute atomic E-state index is 12.9. The summed E-state index contributed by atoms with van der Waals surface area (Å²) in [5, 5.41) is 6.09. The molecule has 1 aliphatic heterocycles. The van der Waals surface area contributed by atoms with E-state index in [-0.39, 0.29) is 30.4 Å². The smallest absolute Gasteiger partial charge is 0.321 e. The minimum absolute atomic E-state index is 0. The first-order chi connectivity index (χ1) is 11.0. The van der Waals surface area contributed by atoms with Gasteiger partial charge in [0.15, 0.2) is 0 Å². The summed E-state index contributed by atoms with van der Waals surface area (Å²) in [5.41, 5.74) is 1.25. The van der Waals surface area contributed by atoms with Gasteiger partial charge in [0.25, 0.3) is 5.91 Å². The van der Waals surface area contributed by atoms with E-state index in [1.807, 2.05) is 4.90 Å². The molecule has 0 saturated carbocycles. The number of anilines is 1. The first-order valence-corrected chi connectivity index (χ1v) is 8.13. The molecule has 6 nitrogen and oxygen atoms in total. The van der Waals surface area contributed by atoms with Crippen molar-refractivity contribution in [2.45, 2.75) is 25.8 Å². The van der Waals surface area contributed by atoms with Gasteiger partial charge in [-0.3, -0.25) is 4.79 Å². The van der Waals surface area contributed by atoms with Gasteiger partial charge in [-0.1, -0.05) is 13.0 Å². The number of nitrogens with zero attached hydrogens (tertiary/aromatic N) is 2. The topological polar surface area (TPSA) is 64.7 Å². The molecule has 1 atom stereocenters. The molecule has 134 valence electrons.